The Morgan fingerprint density at radius 1 is 1.21 bits per heavy atom. The number of para-hydroxylation sites is 1. The van der Waals surface area contributed by atoms with Crippen LogP contribution in [-0.2, 0) is 6.42 Å². The molecule has 1 aromatic heterocycles. The quantitative estimate of drug-likeness (QED) is 0.461. The molecule has 2 heterocycles. The van der Waals surface area contributed by atoms with Crippen LogP contribution in [0.1, 0.15) is 29.4 Å². The third kappa shape index (κ3) is 5.65. The Bertz CT molecular complexity index is 1090. The molecule has 1 saturated heterocycles. The van der Waals surface area contributed by atoms with Crippen LogP contribution in [0.2, 0.25) is 5.02 Å². The van der Waals surface area contributed by atoms with E-state index in [4.69, 9.17) is 16.3 Å². The average Bonchev–Trinajstić information content (AvgIpc) is 3.28. The van der Waals surface area contributed by atoms with E-state index in [1.54, 1.807) is 7.11 Å². The minimum Gasteiger partial charge on any atom is -0.493 e. The van der Waals surface area contributed by atoms with E-state index in [2.05, 4.69) is 33.1 Å². The number of aromatic amines is 1. The van der Waals surface area contributed by atoms with Crippen LogP contribution in [0.4, 0.5) is 10.1 Å². The highest BCUT2D eigenvalue weighted by Gasteiger charge is 2.23. The van der Waals surface area contributed by atoms with Crippen molar-refractivity contribution in [2.75, 3.05) is 51.3 Å². The van der Waals surface area contributed by atoms with Gasteiger partial charge in [-0.25, -0.2) is 4.39 Å². The highest BCUT2D eigenvalue weighted by Crippen LogP contribution is 2.37. The first kappa shape index (κ1) is 24.4. The van der Waals surface area contributed by atoms with E-state index in [0.29, 0.717) is 29.6 Å². The summed E-state index contributed by atoms with van der Waals surface area (Å²) in [4.78, 5) is 19.9. The number of aryl methyl sites for hydroxylation is 1. The molecule has 6 nitrogen and oxygen atoms in total. The van der Waals surface area contributed by atoms with E-state index in [1.165, 1.54) is 5.56 Å². The molecule has 0 aliphatic carbocycles. The SMILES string of the molecule is CCc1cc(Cl)c(OC)c(N2CCN(C[C@H](F)CCNC(=O)c3cc4ccccc4[nH]3)CC2)c1. The fraction of sp³-hybridized carbons (Fsp3) is 0.423. The number of H-pyrrole nitrogens is 1. The third-order valence-corrected chi connectivity index (χ3v) is 6.66. The number of anilines is 1. The number of alkyl halides is 1. The van der Waals surface area contributed by atoms with Gasteiger partial charge in [-0.2, -0.15) is 0 Å². The zero-order chi connectivity index (χ0) is 24.1. The molecule has 1 atom stereocenters. The van der Waals surface area contributed by atoms with Crippen LogP contribution in [0.25, 0.3) is 10.9 Å². The summed E-state index contributed by atoms with van der Waals surface area (Å²) in [6, 6.07) is 13.6. The first-order chi connectivity index (χ1) is 16.5. The summed E-state index contributed by atoms with van der Waals surface area (Å²) in [5.74, 6) is 0.486. The van der Waals surface area contributed by atoms with Crippen molar-refractivity contribution in [3.05, 3.63) is 58.7 Å². The van der Waals surface area contributed by atoms with E-state index in [-0.39, 0.29) is 12.3 Å². The monoisotopic (exact) mass is 486 g/mol. The molecule has 0 spiro atoms. The van der Waals surface area contributed by atoms with Crippen LogP contribution in [0.15, 0.2) is 42.5 Å². The molecular weight excluding hydrogens is 455 g/mol. The van der Waals surface area contributed by atoms with Gasteiger partial charge < -0.3 is 19.9 Å². The van der Waals surface area contributed by atoms with E-state index in [9.17, 15) is 9.18 Å². The van der Waals surface area contributed by atoms with Crippen molar-refractivity contribution in [1.82, 2.24) is 15.2 Å². The number of ether oxygens (including phenoxy) is 1. The minimum absolute atomic E-state index is 0.209. The van der Waals surface area contributed by atoms with Gasteiger partial charge in [-0.1, -0.05) is 36.7 Å². The van der Waals surface area contributed by atoms with Crippen LogP contribution in [0.3, 0.4) is 0 Å². The molecular formula is C26H32ClFN4O2. The molecule has 3 aromatic rings. The Kier molecular flexibility index (Phi) is 7.95. The molecule has 1 amide bonds. The number of piperazine rings is 1. The van der Waals surface area contributed by atoms with Crippen LogP contribution in [0.5, 0.6) is 5.75 Å². The predicted molar refractivity (Wildman–Crippen MR) is 136 cm³/mol. The molecule has 34 heavy (non-hydrogen) atoms. The number of halogens is 2. The van der Waals surface area contributed by atoms with Gasteiger partial charge in [0.2, 0.25) is 0 Å². The lowest BCUT2D eigenvalue weighted by Gasteiger charge is -2.37. The average molecular weight is 487 g/mol. The van der Waals surface area contributed by atoms with Crippen LogP contribution >= 0.6 is 11.6 Å². The third-order valence-electron chi connectivity index (χ3n) is 6.38. The Balaban J connectivity index is 1.23. The zero-order valence-electron chi connectivity index (χ0n) is 19.7. The van der Waals surface area contributed by atoms with Gasteiger partial charge in [-0.3, -0.25) is 9.69 Å². The fourth-order valence-electron chi connectivity index (χ4n) is 4.45. The molecule has 2 N–H and O–H groups in total. The number of benzene rings is 2. The molecule has 0 bridgehead atoms. The molecule has 0 unspecified atom stereocenters. The lowest BCUT2D eigenvalue weighted by Crippen LogP contribution is -2.48. The molecule has 1 aliphatic rings. The van der Waals surface area contributed by atoms with Gasteiger partial charge >= 0.3 is 0 Å². The van der Waals surface area contributed by atoms with Gasteiger partial charge in [0, 0.05) is 50.2 Å². The topological polar surface area (TPSA) is 60.6 Å². The van der Waals surface area contributed by atoms with Gasteiger partial charge in [0.25, 0.3) is 5.91 Å². The second-order valence-corrected chi connectivity index (χ2v) is 9.09. The van der Waals surface area contributed by atoms with E-state index >= 15 is 0 Å². The van der Waals surface area contributed by atoms with Crippen LogP contribution in [-0.4, -0.2) is 68.3 Å². The van der Waals surface area contributed by atoms with Crippen molar-refractivity contribution >= 4 is 34.1 Å². The van der Waals surface area contributed by atoms with Crippen molar-refractivity contribution in [3.63, 3.8) is 0 Å². The van der Waals surface area contributed by atoms with Gasteiger partial charge in [-0.15, -0.1) is 0 Å². The number of carbonyl (C=O) groups is 1. The number of methoxy groups -OCH3 is 1. The summed E-state index contributed by atoms with van der Waals surface area (Å²) in [5.41, 5.74) is 3.58. The fourth-order valence-corrected chi connectivity index (χ4v) is 4.76. The standard InChI is InChI=1S/C26H32ClFN4O2/c1-3-18-14-21(27)25(34-2)24(15-18)32-12-10-31(11-13-32)17-20(28)8-9-29-26(33)23-16-19-6-4-5-7-22(19)30-23/h4-7,14-16,20,30H,3,8-13,17H2,1-2H3,(H,29,33)/t20-/m1/s1. The maximum absolute atomic E-state index is 14.6. The van der Waals surface area contributed by atoms with Crippen molar-refractivity contribution < 1.29 is 13.9 Å². The maximum Gasteiger partial charge on any atom is 0.267 e. The van der Waals surface area contributed by atoms with Crippen LogP contribution < -0.4 is 15.0 Å². The maximum atomic E-state index is 14.6. The summed E-state index contributed by atoms with van der Waals surface area (Å²) < 4.78 is 20.2. The number of aromatic nitrogens is 1. The predicted octanol–water partition coefficient (Wildman–Crippen LogP) is 4.67. The van der Waals surface area contributed by atoms with Crippen molar-refractivity contribution in [3.8, 4) is 5.75 Å². The van der Waals surface area contributed by atoms with Gasteiger partial charge in [-0.05, 0) is 42.7 Å². The molecule has 2 aromatic carbocycles. The molecule has 182 valence electrons. The summed E-state index contributed by atoms with van der Waals surface area (Å²) in [6.45, 7) is 5.85. The lowest BCUT2D eigenvalue weighted by molar-refractivity contribution is 0.0943. The number of fused-ring (bicyclic) bond motifs is 1. The van der Waals surface area contributed by atoms with Gasteiger partial charge in [0.05, 0.1) is 17.8 Å². The number of carbonyl (C=O) groups excluding carboxylic acids is 1. The van der Waals surface area contributed by atoms with Crippen molar-refractivity contribution in [2.45, 2.75) is 25.9 Å². The highest BCUT2D eigenvalue weighted by molar-refractivity contribution is 6.32. The van der Waals surface area contributed by atoms with Gasteiger partial charge in [0.15, 0.2) is 5.75 Å². The number of hydrogen-bond acceptors (Lipinski definition) is 4. The summed E-state index contributed by atoms with van der Waals surface area (Å²) in [5, 5.41) is 4.43. The van der Waals surface area contributed by atoms with E-state index in [1.807, 2.05) is 36.4 Å². The lowest BCUT2D eigenvalue weighted by atomic mass is 10.1. The van der Waals surface area contributed by atoms with Crippen LogP contribution in [0, 0.1) is 0 Å². The second-order valence-electron chi connectivity index (χ2n) is 8.68. The van der Waals surface area contributed by atoms with Crippen molar-refractivity contribution in [2.24, 2.45) is 0 Å². The Labute approximate surface area is 205 Å². The largest absolute Gasteiger partial charge is 0.493 e. The number of rotatable bonds is 9. The van der Waals surface area contributed by atoms with Crippen molar-refractivity contribution in [1.29, 1.82) is 0 Å². The van der Waals surface area contributed by atoms with Gasteiger partial charge in [0.1, 0.15) is 11.9 Å². The number of hydrogen-bond donors (Lipinski definition) is 2. The normalized spacial score (nSPS) is 15.5. The summed E-state index contributed by atoms with van der Waals surface area (Å²) >= 11 is 6.42. The minimum atomic E-state index is -0.998. The smallest absolute Gasteiger partial charge is 0.267 e. The summed E-state index contributed by atoms with van der Waals surface area (Å²) in [6.07, 6.45) is 0.188. The molecule has 0 radical (unpaired) electrons. The molecule has 1 fully saturated rings. The molecule has 1 aliphatic heterocycles. The Hall–Kier alpha value is -2.77. The first-order valence-corrected chi connectivity index (χ1v) is 12.2. The molecule has 4 rings (SSSR count). The Morgan fingerprint density at radius 3 is 2.68 bits per heavy atom. The first-order valence-electron chi connectivity index (χ1n) is 11.8. The van der Waals surface area contributed by atoms with E-state index in [0.717, 1.165) is 49.2 Å². The molecule has 0 saturated carbocycles. The summed E-state index contributed by atoms with van der Waals surface area (Å²) in [7, 11) is 1.64. The zero-order valence-corrected chi connectivity index (χ0v) is 20.5. The second kappa shape index (κ2) is 11.1. The number of nitrogens with zero attached hydrogens (tertiary/aromatic N) is 2. The Morgan fingerprint density at radius 2 is 1.97 bits per heavy atom. The number of amides is 1. The highest BCUT2D eigenvalue weighted by atomic mass is 35.5. The number of nitrogens with one attached hydrogen (secondary N) is 2. The molecule has 8 heteroatoms. The van der Waals surface area contributed by atoms with E-state index < -0.39 is 6.17 Å².